The summed E-state index contributed by atoms with van der Waals surface area (Å²) in [6, 6.07) is 1.40. The summed E-state index contributed by atoms with van der Waals surface area (Å²) in [4.78, 5) is 28.0. The van der Waals surface area contributed by atoms with Gasteiger partial charge in [0.1, 0.15) is 12.0 Å². The van der Waals surface area contributed by atoms with Crippen LogP contribution in [0.1, 0.15) is 30.1 Å². The van der Waals surface area contributed by atoms with E-state index in [1.807, 2.05) is 11.8 Å². The first-order valence-electron chi connectivity index (χ1n) is 6.96. The minimum Gasteiger partial charge on any atom is -0.365 e. The average molecular weight is 293 g/mol. The van der Waals surface area contributed by atoms with E-state index in [0.717, 1.165) is 25.9 Å². The van der Waals surface area contributed by atoms with Gasteiger partial charge in [0.2, 0.25) is 0 Å². The summed E-state index contributed by atoms with van der Waals surface area (Å²) in [6.45, 7) is 4.38. The Morgan fingerprint density at radius 3 is 2.95 bits per heavy atom. The maximum absolute atomic E-state index is 11.6. The number of amides is 1. The van der Waals surface area contributed by atoms with Crippen molar-refractivity contribution >= 4 is 17.4 Å². The van der Waals surface area contributed by atoms with E-state index in [1.54, 1.807) is 0 Å². The van der Waals surface area contributed by atoms with Gasteiger partial charge < -0.3 is 16.0 Å². The van der Waals surface area contributed by atoms with E-state index in [0.29, 0.717) is 12.4 Å². The molecule has 1 saturated heterocycles. The van der Waals surface area contributed by atoms with E-state index < -0.39 is 10.8 Å². The number of nitrogens with one attached hydrogen (secondary N) is 1. The largest absolute Gasteiger partial charge is 0.365 e. The Labute approximate surface area is 122 Å². The third-order valence-electron chi connectivity index (χ3n) is 3.65. The SMILES string of the molecule is CCN(c1ncc([N+](=O)[O-])cc1C(N)=O)C1CCCNC1. The average Bonchev–Trinajstić information content (AvgIpc) is 2.49. The van der Waals surface area contributed by atoms with Crippen molar-refractivity contribution in [2.75, 3.05) is 24.5 Å². The van der Waals surface area contributed by atoms with Crippen LogP contribution in [0.25, 0.3) is 0 Å². The van der Waals surface area contributed by atoms with E-state index in [9.17, 15) is 14.9 Å². The van der Waals surface area contributed by atoms with Gasteiger partial charge in [-0.1, -0.05) is 0 Å². The van der Waals surface area contributed by atoms with Crippen LogP contribution in [0.15, 0.2) is 12.3 Å². The van der Waals surface area contributed by atoms with Crippen molar-refractivity contribution in [3.8, 4) is 0 Å². The maximum atomic E-state index is 11.6. The number of nitro groups is 1. The van der Waals surface area contributed by atoms with Gasteiger partial charge in [0.25, 0.3) is 11.6 Å². The minimum absolute atomic E-state index is 0.0941. The van der Waals surface area contributed by atoms with Crippen molar-refractivity contribution in [1.29, 1.82) is 0 Å². The lowest BCUT2D eigenvalue weighted by Gasteiger charge is -2.35. The lowest BCUT2D eigenvalue weighted by molar-refractivity contribution is -0.385. The molecule has 1 aliphatic heterocycles. The fourth-order valence-electron chi connectivity index (χ4n) is 2.64. The first-order valence-corrected chi connectivity index (χ1v) is 6.96. The molecule has 2 rings (SSSR count). The second-order valence-electron chi connectivity index (χ2n) is 4.97. The van der Waals surface area contributed by atoms with Gasteiger partial charge in [-0.15, -0.1) is 0 Å². The molecule has 0 spiro atoms. The summed E-state index contributed by atoms with van der Waals surface area (Å²) in [6.07, 6.45) is 3.19. The molecule has 1 amide bonds. The zero-order valence-corrected chi connectivity index (χ0v) is 11.9. The normalized spacial score (nSPS) is 18.2. The highest BCUT2D eigenvalue weighted by Gasteiger charge is 2.26. The second kappa shape index (κ2) is 6.49. The maximum Gasteiger partial charge on any atom is 0.288 e. The van der Waals surface area contributed by atoms with Crippen LogP contribution in [0.5, 0.6) is 0 Å². The zero-order valence-electron chi connectivity index (χ0n) is 11.9. The Morgan fingerprint density at radius 1 is 1.67 bits per heavy atom. The summed E-state index contributed by atoms with van der Waals surface area (Å²) < 4.78 is 0. The standard InChI is InChI=1S/C13H19N5O3/c1-2-17(9-4-3-5-15-7-9)13-11(12(14)19)6-10(8-16-13)18(20)21/h6,8-9,15H,2-5,7H2,1H3,(H2,14,19). The van der Waals surface area contributed by atoms with Gasteiger partial charge in [0, 0.05) is 25.2 Å². The number of aromatic nitrogens is 1. The molecule has 21 heavy (non-hydrogen) atoms. The molecule has 1 atom stereocenters. The molecular weight excluding hydrogens is 274 g/mol. The topological polar surface area (TPSA) is 114 Å². The fraction of sp³-hybridized carbons (Fsp3) is 0.538. The molecule has 1 aromatic heterocycles. The Morgan fingerprint density at radius 2 is 2.43 bits per heavy atom. The van der Waals surface area contributed by atoms with E-state index in [-0.39, 0.29) is 17.3 Å². The molecule has 8 heteroatoms. The van der Waals surface area contributed by atoms with Gasteiger partial charge in [-0.3, -0.25) is 14.9 Å². The van der Waals surface area contributed by atoms with E-state index in [4.69, 9.17) is 5.73 Å². The van der Waals surface area contributed by atoms with Crippen LogP contribution in [0.2, 0.25) is 0 Å². The van der Waals surface area contributed by atoms with Crippen molar-refractivity contribution in [3.05, 3.63) is 27.9 Å². The van der Waals surface area contributed by atoms with Crippen LogP contribution >= 0.6 is 0 Å². The number of carbonyl (C=O) groups is 1. The van der Waals surface area contributed by atoms with Gasteiger partial charge in [0.15, 0.2) is 0 Å². The van der Waals surface area contributed by atoms with Crippen LogP contribution < -0.4 is 16.0 Å². The van der Waals surface area contributed by atoms with Crippen LogP contribution in [0.3, 0.4) is 0 Å². The van der Waals surface area contributed by atoms with Crippen LogP contribution in [-0.4, -0.2) is 41.5 Å². The number of pyridine rings is 1. The third kappa shape index (κ3) is 3.27. The van der Waals surface area contributed by atoms with Crippen LogP contribution in [0.4, 0.5) is 11.5 Å². The minimum atomic E-state index is -0.705. The molecule has 1 unspecified atom stereocenters. The Kier molecular flexibility index (Phi) is 4.69. The number of rotatable bonds is 5. The summed E-state index contributed by atoms with van der Waals surface area (Å²) in [5, 5.41) is 14.1. The summed E-state index contributed by atoms with van der Waals surface area (Å²) >= 11 is 0. The third-order valence-corrected chi connectivity index (χ3v) is 3.65. The van der Waals surface area contributed by atoms with Crippen LogP contribution in [0, 0.1) is 10.1 Å². The molecule has 0 aromatic carbocycles. The quantitative estimate of drug-likeness (QED) is 0.609. The van der Waals surface area contributed by atoms with E-state index in [2.05, 4.69) is 10.3 Å². The highest BCUT2D eigenvalue weighted by Crippen LogP contribution is 2.25. The summed E-state index contributed by atoms with van der Waals surface area (Å²) in [5.74, 6) is -0.285. The number of hydrogen-bond donors (Lipinski definition) is 2. The second-order valence-corrected chi connectivity index (χ2v) is 4.97. The molecule has 1 aliphatic rings. The lowest BCUT2D eigenvalue weighted by atomic mass is 10.0. The Hall–Kier alpha value is -2.22. The van der Waals surface area contributed by atoms with E-state index in [1.165, 1.54) is 12.3 Å². The smallest absolute Gasteiger partial charge is 0.288 e. The molecule has 0 bridgehead atoms. The van der Waals surface area contributed by atoms with Gasteiger partial charge in [-0.25, -0.2) is 4.98 Å². The molecule has 2 heterocycles. The zero-order chi connectivity index (χ0) is 15.4. The predicted octanol–water partition coefficient (Wildman–Crippen LogP) is 0.667. The van der Waals surface area contributed by atoms with Crippen molar-refractivity contribution in [2.24, 2.45) is 5.73 Å². The van der Waals surface area contributed by atoms with Crippen molar-refractivity contribution in [2.45, 2.75) is 25.8 Å². The van der Waals surface area contributed by atoms with Gasteiger partial charge in [0.05, 0.1) is 10.5 Å². The Balaban J connectivity index is 2.39. The molecule has 0 radical (unpaired) electrons. The van der Waals surface area contributed by atoms with Crippen LogP contribution in [-0.2, 0) is 0 Å². The Bertz CT molecular complexity index is 543. The highest BCUT2D eigenvalue weighted by molar-refractivity contribution is 5.98. The fourth-order valence-corrected chi connectivity index (χ4v) is 2.64. The molecule has 1 fully saturated rings. The number of primary amides is 1. The first-order chi connectivity index (χ1) is 10.0. The molecule has 3 N–H and O–H groups in total. The number of piperidine rings is 1. The lowest BCUT2D eigenvalue weighted by Crippen LogP contribution is -2.47. The molecule has 0 aliphatic carbocycles. The number of nitrogens with zero attached hydrogens (tertiary/aromatic N) is 3. The molecule has 1 aromatic rings. The van der Waals surface area contributed by atoms with Gasteiger partial charge >= 0.3 is 0 Å². The monoisotopic (exact) mass is 293 g/mol. The first kappa shape index (κ1) is 15.2. The summed E-state index contributed by atoms with van der Waals surface area (Å²) in [7, 11) is 0. The van der Waals surface area contributed by atoms with Crippen molar-refractivity contribution < 1.29 is 9.72 Å². The molecular formula is C13H19N5O3. The number of likely N-dealkylation sites (N-methyl/N-ethyl adjacent to an activating group) is 1. The molecule has 0 saturated carbocycles. The molecule has 114 valence electrons. The van der Waals surface area contributed by atoms with Crippen molar-refractivity contribution in [1.82, 2.24) is 10.3 Å². The predicted molar refractivity (Wildman–Crippen MR) is 78.3 cm³/mol. The molecule has 8 nitrogen and oxygen atoms in total. The van der Waals surface area contributed by atoms with Gasteiger partial charge in [-0.05, 0) is 26.3 Å². The number of hydrogen-bond acceptors (Lipinski definition) is 6. The summed E-state index contributed by atoms with van der Waals surface area (Å²) in [5.41, 5.74) is 5.22. The number of carbonyl (C=O) groups excluding carboxylic acids is 1. The van der Waals surface area contributed by atoms with Gasteiger partial charge in [-0.2, -0.15) is 0 Å². The highest BCUT2D eigenvalue weighted by atomic mass is 16.6. The number of anilines is 1. The van der Waals surface area contributed by atoms with Crippen molar-refractivity contribution in [3.63, 3.8) is 0 Å². The number of nitrogens with two attached hydrogens (primary N) is 1. The van der Waals surface area contributed by atoms with E-state index >= 15 is 0 Å².